The number of benzene rings is 1. The Morgan fingerprint density at radius 3 is 2.81 bits per heavy atom. The summed E-state index contributed by atoms with van der Waals surface area (Å²) in [4.78, 5) is 17.7. The molecule has 3 nitrogen and oxygen atoms in total. The zero-order valence-electron chi connectivity index (χ0n) is 15.3. The first-order valence-electron chi connectivity index (χ1n) is 9.85. The number of carbonyl (C=O) groups is 1. The van der Waals surface area contributed by atoms with Gasteiger partial charge in [0, 0.05) is 40.4 Å². The SMILES string of the molecule is Cc1ccc2c3c(ccc2n1)NC1=C(C(=O)CCC1)C3C1=CCCCC1. The lowest BCUT2D eigenvalue weighted by Crippen LogP contribution is -2.28. The highest BCUT2D eigenvalue weighted by Crippen LogP contribution is 2.49. The molecule has 1 aliphatic heterocycles. The van der Waals surface area contributed by atoms with Crippen LogP contribution in [0.4, 0.5) is 5.69 Å². The van der Waals surface area contributed by atoms with Crippen LogP contribution >= 0.6 is 0 Å². The van der Waals surface area contributed by atoms with E-state index in [9.17, 15) is 4.79 Å². The highest BCUT2D eigenvalue weighted by Gasteiger charge is 2.37. The second kappa shape index (κ2) is 6.08. The van der Waals surface area contributed by atoms with E-state index in [1.54, 1.807) is 0 Å². The fourth-order valence-electron chi connectivity index (χ4n) is 4.88. The van der Waals surface area contributed by atoms with Crippen molar-refractivity contribution in [3.8, 4) is 0 Å². The first-order valence-corrected chi connectivity index (χ1v) is 9.85. The highest BCUT2D eigenvalue weighted by molar-refractivity contribution is 6.03. The van der Waals surface area contributed by atoms with Gasteiger partial charge in [-0.2, -0.15) is 0 Å². The number of pyridine rings is 1. The first kappa shape index (κ1) is 15.8. The molecule has 132 valence electrons. The smallest absolute Gasteiger partial charge is 0.161 e. The van der Waals surface area contributed by atoms with Crippen LogP contribution in [0, 0.1) is 6.92 Å². The molecule has 0 bridgehead atoms. The number of hydrogen-bond acceptors (Lipinski definition) is 3. The third kappa shape index (κ3) is 2.41. The molecule has 3 heteroatoms. The van der Waals surface area contributed by atoms with Crippen LogP contribution in [0.2, 0.25) is 0 Å². The maximum Gasteiger partial charge on any atom is 0.161 e. The van der Waals surface area contributed by atoms with Crippen LogP contribution in [-0.2, 0) is 4.79 Å². The van der Waals surface area contributed by atoms with E-state index in [0.717, 1.165) is 53.9 Å². The van der Waals surface area contributed by atoms with Crippen molar-refractivity contribution in [3.63, 3.8) is 0 Å². The molecular formula is C23H24N2O. The number of carbonyl (C=O) groups excluding carboxylic acids is 1. The van der Waals surface area contributed by atoms with E-state index in [4.69, 9.17) is 4.98 Å². The molecule has 0 spiro atoms. The molecule has 1 atom stereocenters. The summed E-state index contributed by atoms with van der Waals surface area (Å²) in [6.45, 7) is 2.03. The van der Waals surface area contributed by atoms with Gasteiger partial charge in [-0.25, -0.2) is 0 Å². The largest absolute Gasteiger partial charge is 0.358 e. The van der Waals surface area contributed by atoms with E-state index in [2.05, 4.69) is 35.7 Å². The second-order valence-corrected chi connectivity index (χ2v) is 7.80. The summed E-state index contributed by atoms with van der Waals surface area (Å²) in [5, 5.41) is 4.79. The van der Waals surface area contributed by atoms with Gasteiger partial charge in [0.2, 0.25) is 0 Å². The Morgan fingerprint density at radius 1 is 1.04 bits per heavy atom. The normalized spacial score (nSPS) is 22.6. The van der Waals surface area contributed by atoms with Crippen molar-refractivity contribution in [2.45, 2.75) is 57.8 Å². The number of hydrogen-bond donors (Lipinski definition) is 1. The van der Waals surface area contributed by atoms with E-state index in [-0.39, 0.29) is 5.92 Å². The Kier molecular flexibility index (Phi) is 3.70. The van der Waals surface area contributed by atoms with E-state index < -0.39 is 0 Å². The van der Waals surface area contributed by atoms with Crippen LogP contribution in [0.3, 0.4) is 0 Å². The van der Waals surface area contributed by atoms with Gasteiger partial charge in [-0.1, -0.05) is 17.7 Å². The zero-order valence-corrected chi connectivity index (χ0v) is 15.3. The van der Waals surface area contributed by atoms with E-state index >= 15 is 0 Å². The van der Waals surface area contributed by atoms with Gasteiger partial charge in [0.1, 0.15) is 0 Å². The van der Waals surface area contributed by atoms with E-state index in [0.29, 0.717) is 12.2 Å². The molecule has 3 aliphatic rings. The fourth-order valence-corrected chi connectivity index (χ4v) is 4.88. The number of allylic oxidation sites excluding steroid dienone is 4. The van der Waals surface area contributed by atoms with Gasteiger partial charge in [0.05, 0.1) is 5.52 Å². The Balaban J connectivity index is 1.79. The van der Waals surface area contributed by atoms with Crippen LogP contribution < -0.4 is 5.32 Å². The number of aryl methyl sites for hydroxylation is 1. The van der Waals surface area contributed by atoms with Crippen molar-refractivity contribution in [1.29, 1.82) is 0 Å². The molecule has 5 rings (SSSR count). The number of fused-ring (bicyclic) bond motifs is 3. The summed E-state index contributed by atoms with van der Waals surface area (Å²) in [7, 11) is 0. The average Bonchev–Trinajstić information content (AvgIpc) is 2.67. The molecule has 1 aromatic heterocycles. The van der Waals surface area contributed by atoms with Crippen molar-refractivity contribution >= 4 is 22.4 Å². The summed E-state index contributed by atoms with van der Waals surface area (Å²) in [5.74, 6) is 0.445. The number of Topliss-reactive ketones (excluding diaryl/α,β-unsaturated/α-hetero) is 1. The minimum absolute atomic E-state index is 0.113. The Morgan fingerprint density at radius 2 is 1.96 bits per heavy atom. The van der Waals surface area contributed by atoms with Crippen LogP contribution in [0.15, 0.2) is 47.2 Å². The molecule has 0 amide bonds. The molecule has 26 heavy (non-hydrogen) atoms. The van der Waals surface area contributed by atoms with E-state index in [1.165, 1.54) is 29.4 Å². The van der Waals surface area contributed by atoms with Crippen molar-refractivity contribution < 1.29 is 4.79 Å². The van der Waals surface area contributed by atoms with Crippen molar-refractivity contribution in [3.05, 3.63) is 58.4 Å². The second-order valence-electron chi connectivity index (χ2n) is 7.80. The standard InChI is InChI=1S/C23H24N2O/c1-14-10-11-16-17(24-14)12-13-19-22(16)21(15-6-3-2-4-7-15)23-18(25-19)8-5-9-20(23)26/h6,10-13,21,25H,2-5,7-9H2,1H3. The third-order valence-electron chi connectivity index (χ3n) is 6.07. The summed E-state index contributed by atoms with van der Waals surface area (Å²) in [6, 6.07) is 8.54. The molecule has 0 saturated carbocycles. The third-order valence-corrected chi connectivity index (χ3v) is 6.07. The van der Waals surface area contributed by atoms with Gasteiger partial charge in [0.15, 0.2) is 5.78 Å². The monoisotopic (exact) mass is 344 g/mol. The lowest BCUT2D eigenvalue weighted by atomic mass is 9.72. The number of nitrogens with zero attached hydrogens (tertiary/aromatic N) is 1. The Hall–Kier alpha value is -2.42. The Labute approximate surface area is 154 Å². The van der Waals surface area contributed by atoms with Crippen molar-refractivity contribution in [2.24, 2.45) is 0 Å². The summed E-state index contributed by atoms with van der Waals surface area (Å²) in [6.07, 6.45) is 9.74. The predicted molar refractivity (Wildman–Crippen MR) is 105 cm³/mol. The fraction of sp³-hybridized carbons (Fsp3) is 0.391. The zero-order chi connectivity index (χ0) is 17.7. The highest BCUT2D eigenvalue weighted by atomic mass is 16.1. The van der Waals surface area contributed by atoms with Gasteiger partial charge in [-0.15, -0.1) is 0 Å². The molecule has 2 aliphatic carbocycles. The van der Waals surface area contributed by atoms with Crippen LogP contribution in [0.25, 0.3) is 10.9 Å². The quantitative estimate of drug-likeness (QED) is 0.689. The van der Waals surface area contributed by atoms with Crippen molar-refractivity contribution in [2.75, 3.05) is 5.32 Å². The van der Waals surface area contributed by atoms with E-state index in [1.807, 2.05) is 6.92 Å². The predicted octanol–water partition coefficient (Wildman–Crippen LogP) is 5.56. The maximum absolute atomic E-state index is 12.9. The molecule has 1 unspecified atom stereocenters. The van der Waals surface area contributed by atoms with Crippen molar-refractivity contribution in [1.82, 2.24) is 4.98 Å². The van der Waals surface area contributed by atoms with Gasteiger partial charge < -0.3 is 5.32 Å². The van der Waals surface area contributed by atoms with Crippen LogP contribution in [0.5, 0.6) is 0 Å². The molecule has 0 saturated heterocycles. The number of rotatable bonds is 1. The number of ketones is 1. The molecule has 1 N–H and O–H groups in total. The number of aromatic nitrogens is 1. The first-order chi connectivity index (χ1) is 12.7. The lowest BCUT2D eigenvalue weighted by Gasteiger charge is -2.36. The minimum Gasteiger partial charge on any atom is -0.358 e. The topological polar surface area (TPSA) is 42.0 Å². The molecule has 2 aromatic rings. The molecule has 0 radical (unpaired) electrons. The van der Waals surface area contributed by atoms with Gasteiger partial charge in [-0.05, 0) is 69.2 Å². The number of nitrogens with one attached hydrogen (secondary N) is 1. The van der Waals surface area contributed by atoms with Gasteiger partial charge in [-0.3, -0.25) is 9.78 Å². The molecule has 0 fully saturated rings. The molecule has 2 heterocycles. The van der Waals surface area contributed by atoms with Crippen LogP contribution in [0.1, 0.15) is 62.1 Å². The summed E-state index contributed by atoms with van der Waals surface area (Å²) >= 11 is 0. The van der Waals surface area contributed by atoms with Gasteiger partial charge in [0.25, 0.3) is 0 Å². The Bertz CT molecular complexity index is 983. The molecular weight excluding hydrogens is 320 g/mol. The van der Waals surface area contributed by atoms with Gasteiger partial charge >= 0.3 is 0 Å². The average molecular weight is 344 g/mol. The number of anilines is 1. The molecule has 1 aromatic carbocycles. The summed E-state index contributed by atoms with van der Waals surface area (Å²) < 4.78 is 0. The summed E-state index contributed by atoms with van der Waals surface area (Å²) in [5.41, 5.74) is 8.11. The lowest BCUT2D eigenvalue weighted by molar-refractivity contribution is -0.116. The maximum atomic E-state index is 12.9. The van der Waals surface area contributed by atoms with Crippen LogP contribution in [-0.4, -0.2) is 10.8 Å². The minimum atomic E-state index is 0.113.